The Bertz CT molecular complexity index is 775. The zero-order chi connectivity index (χ0) is 20.7. The molecule has 1 aromatic rings. The minimum Gasteiger partial charge on any atom is -0.329 e. The lowest BCUT2D eigenvalue weighted by atomic mass is 10.1. The van der Waals surface area contributed by atoms with Gasteiger partial charge in [0.25, 0.3) is 0 Å². The highest BCUT2D eigenvalue weighted by atomic mass is 32.2. The van der Waals surface area contributed by atoms with Crippen molar-refractivity contribution >= 4 is 27.3 Å². The van der Waals surface area contributed by atoms with Crippen molar-refractivity contribution in [3.8, 4) is 0 Å². The number of nitrogens with zero attached hydrogens (tertiary/aromatic N) is 2. The monoisotopic (exact) mass is 409 g/mol. The first-order valence-electron chi connectivity index (χ1n) is 9.78. The van der Waals surface area contributed by atoms with Gasteiger partial charge in [-0.3, -0.25) is 9.59 Å². The summed E-state index contributed by atoms with van der Waals surface area (Å²) in [5.41, 5.74) is 1.75. The number of carbonyl (C=O) groups is 2. The fourth-order valence-electron chi connectivity index (χ4n) is 3.23. The van der Waals surface area contributed by atoms with E-state index < -0.39 is 27.7 Å². The van der Waals surface area contributed by atoms with Gasteiger partial charge < -0.3 is 15.1 Å². The number of amides is 2. The SMILES string of the molecule is CCCCc1ccc(NC(=O)C(=O)N(CCN(C)C)C2CCS(=O)(=O)C2)cc1. The Hall–Kier alpha value is -1.93. The fraction of sp³-hybridized carbons (Fsp3) is 0.600. The summed E-state index contributed by atoms with van der Waals surface area (Å²) in [7, 11) is 0.590. The summed E-state index contributed by atoms with van der Waals surface area (Å²) >= 11 is 0. The Balaban J connectivity index is 2.04. The Labute approximate surface area is 168 Å². The van der Waals surface area contributed by atoms with Gasteiger partial charge in [-0.25, -0.2) is 8.42 Å². The molecule has 1 aromatic carbocycles. The molecule has 7 nitrogen and oxygen atoms in total. The quantitative estimate of drug-likeness (QED) is 0.658. The van der Waals surface area contributed by atoms with Crippen LogP contribution < -0.4 is 5.32 Å². The molecule has 2 amide bonds. The Morgan fingerprint density at radius 3 is 2.36 bits per heavy atom. The van der Waals surface area contributed by atoms with Crippen molar-refractivity contribution in [2.24, 2.45) is 0 Å². The second-order valence-electron chi connectivity index (χ2n) is 7.61. The maximum Gasteiger partial charge on any atom is 0.313 e. The minimum absolute atomic E-state index is 0.0598. The van der Waals surface area contributed by atoms with Gasteiger partial charge >= 0.3 is 11.8 Å². The molecule has 8 heteroatoms. The molecule has 0 saturated carbocycles. The predicted octanol–water partition coefficient (Wildman–Crippen LogP) is 1.54. The first-order valence-corrected chi connectivity index (χ1v) is 11.6. The second kappa shape index (κ2) is 10.0. The first-order chi connectivity index (χ1) is 13.2. The van der Waals surface area contributed by atoms with E-state index in [2.05, 4.69) is 12.2 Å². The lowest BCUT2D eigenvalue weighted by Crippen LogP contribution is -2.48. The van der Waals surface area contributed by atoms with Crippen LogP contribution in [-0.4, -0.2) is 74.8 Å². The smallest absolute Gasteiger partial charge is 0.313 e. The van der Waals surface area contributed by atoms with Crippen molar-refractivity contribution in [3.05, 3.63) is 29.8 Å². The van der Waals surface area contributed by atoms with E-state index in [1.807, 2.05) is 31.1 Å². The number of benzene rings is 1. The van der Waals surface area contributed by atoms with Gasteiger partial charge in [-0.05, 0) is 51.1 Å². The van der Waals surface area contributed by atoms with E-state index >= 15 is 0 Å². The number of nitrogens with one attached hydrogen (secondary N) is 1. The molecule has 1 aliphatic rings. The molecule has 1 saturated heterocycles. The molecular formula is C20H31N3O4S. The molecular weight excluding hydrogens is 378 g/mol. The molecule has 2 rings (SSSR count). The first kappa shape index (κ1) is 22.4. The molecule has 1 atom stereocenters. The molecule has 0 aromatic heterocycles. The van der Waals surface area contributed by atoms with Crippen LogP contribution >= 0.6 is 0 Å². The second-order valence-corrected chi connectivity index (χ2v) is 9.84. The number of anilines is 1. The Kier molecular flexibility index (Phi) is 8.00. The average molecular weight is 410 g/mol. The Morgan fingerprint density at radius 1 is 1.14 bits per heavy atom. The van der Waals surface area contributed by atoms with Crippen molar-refractivity contribution in [2.45, 2.75) is 38.6 Å². The van der Waals surface area contributed by atoms with Gasteiger partial charge in [0.15, 0.2) is 9.84 Å². The third-order valence-corrected chi connectivity index (χ3v) is 6.67. The molecule has 0 spiro atoms. The van der Waals surface area contributed by atoms with Gasteiger partial charge in [0.2, 0.25) is 0 Å². The van der Waals surface area contributed by atoms with E-state index in [0.717, 1.165) is 19.3 Å². The number of hydrogen-bond donors (Lipinski definition) is 1. The maximum atomic E-state index is 12.8. The minimum atomic E-state index is -3.15. The van der Waals surface area contributed by atoms with Crippen LogP contribution in [0, 0.1) is 0 Å². The van der Waals surface area contributed by atoms with E-state index in [0.29, 0.717) is 25.2 Å². The fourth-order valence-corrected chi connectivity index (χ4v) is 4.96. The lowest BCUT2D eigenvalue weighted by Gasteiger charge is -2.28. The zero-order valence-electron chi connectivity index (χ0n) is 17.0. The lowest BCUT2D eigenvalue weighted by molar-refractivity contribution is -0.144. The summed E-state index contributed by atoms with van der Waals surface area (Å²) in [5, 5.41) is 2.64. The number of likely N-dealkylation sites (N-methyl/N-ethyl adjacent to an activating group) is 1. The highest BCUT2D eigenvalue weighted by molar-refractivity contribution is 7.91. The van der Waals surface area contributed by atoms with Crippen molar-refractivity contribution in [1.82, 2.24) is 9.80 Å². The summed E-state index contributed by atoms with van der Waals surface area (Å²) in [4.78, 5) is 28.6. The molecule has 1 fully saturated rings. The number of unbranched alkanes of at least 4 members (excludes halogenated alkanes) is 1. The number of aryl methyl sites for hydroxylation is 1. The van der Waals surface area contributed by atoms with Crippen LogP contribution in [0.5, 0.6) is 0 Å². The zero-order valence-corrected chi connectivity index (χ0v) is 17.8. The summed E-state index contributed by atoms with van der Waals surface area (Å²) in [6.45, 7) is 3.01. The molecule has 1 heterocycles. The highest BCUT2D eigenvalue weighted by Gasteiger charge is 2.36. The molecule has 1 aliphatic heterocycles. The molecule has 156 valence electrons. The van der Waals surface area contributed by atoms with Crippen LogP contribution in [0.1, 0.15) is 31.7 Å². The molecule has 1 unspecified atom stereocenters. The van der Waals surface area contributed by atoms with Crippen molar-refractivity contribution < 1.29 is 18.0 Å². The third kappa shape index (κ3) is 6.60. The molecule has 0 aliphatic carbocycles. The van der Waals surface area contributed by atoms with Crippen LogP contribution in [0.3, 0.4) is 0 Å². The average Bonchev–Trinajstić information content (AvgIpc) is 3.00. The highest BCUT2D eigenvalue weighted by Crippen LogP contribution is 2.19. The number of hydrogen-bond acceptors (Lipinski definition) is 5. The normalized spacial score (nSPS) is 18.2. The van der Waals surface area contributed by atoms with E-state index in [1.54, 1.807) is 12.1 Å². The van der Waals surface area contributed by atoms with Crippen molar-refractivity contribution in [3.63, 3.8) is 0 Å². The van der Waals surface area contributed by atoms with E-state index in [4.69, 9.17) is 0 Å². The number of sulfone groups is 1. The van der Waals surface area contributed by atoms with Gasteiger partial charge in [0.1, 0.15) is 0 Å². The Morgan fingerprint density at radius 2 is 1.82 bits per heavy atom. The van der Waals surface area contributed by atoms with Crippen LogP contribution in [0.15, 0.2) is 24.3 Å². The van der Waals surface area contributed by atoms with Gasteiger partial charge in [0, 0.05) is 24.8 Å². The van der Waals surface area contributed by atoms with Crippen LogP contribution in [0.25, 0.3) is 0 Å². The van der Waals surface area contributed by atoms with Gasteiger partial charge in [-0.1, -0.05) is 25.5 Å². The maximum absolute atomic E-state index is 12.8. The van der Waals surface area contributed by atoms with E-state index in [-0.39, 0.29) is 11.5 Å². The summed E-state index contributed by atoms with van der Waals surface area (Å²) < 4.78 is 23.6. The van der Waals surface area contributed by atoms with Crippen LogP contribution in [0.4, 0.5) is 5.69 Å². The van der Waals surface area contributed by atoms with Crippen LogP contribution in [0.2, 0.25) is 0 Å². The third-order valence-electron chi connectivity index (χ3n) is 4.92. The number of rotatable bonds is 8. The molecule has 0 bridgehead atoms. The predicted molar refractivity (Wildman–Crippen MR) is 111 cm³/mol. The summed E-state index contributed by atoms with van der Waals surface area (Å²) in [6, 6.07) is 7.03. The largest absolute Gasteiger partial charge is 0.329 e. The van der Waals surface area contributed by atoms with Crippen LogP contribution in [-0.2, 0) is 25.8 Å². The van der Waals surface area contributed by atoms with Crippen molar-refractivity contribution in [2.75, 3.05) is 44.0 Å². The topological polar surface area (TPSA) is 86.8 Å². The van der Waals surface area contributed by atoms with Gasteiger partial charge in [-0.2, -0.15) is 0 Å². The molecule has 28 heavy (non-hydrogen) atoms. The standard InChI is InChI=1S/C20H31N3O4S/c1-4-5-6-16-7-9-17(10-8-16)21-19(24)20(25)23(13-12-22(2)3)18-11-14-28(26,27)15-18/h7-10,18H,4-6,11-15H2,1-3H3,(H,21,24). The summed E-state index contributed by atoms with van der Waals surface area (Å²) in [5.74, 6) is -1.43. The molecule has 1 N–H and O–H groups in total. The number of carbonyl (C=O) groups excluding carboxylic acids is 2. The molecule has 0 radical (unpaired) electrons. The van der Waals surface area contributed by atoms with Gasteiger partial charge in [0.05, 0.1) is 11.5 Å². The van der Waals surface area contributed by atoms with E-state index in [9.17, 15) is 18.0 Å². The van der Waals surface area contributed by atoms with Crippen molar-refractivity contribution in [1.29, 1.82) is 0 Å². The summed E-state index contributed by atoms with van der Waals surface area (Å²) in [6.07, 6.45) is 3.58. The van der Waals surface area contributed by atoms with Gasteiger partial charge in [-0.15, -0.1) is 0 Å². The van der Waals surface area contributed by atoms with E-state index in [1.165, 1.54) is 10.5 Å².